The number of nitrogens with zero attached hydrogens (tertiary/aromatic N) is 3. The van der Waals surface area contributed by atoms with E-state index in [4.69, 9.17) is 5.53 Å². The van der Waals surface area contributed by atoms with Crippen molar-refractivity contribution in [2.24, 2.45) is 11.0 Å². The number of allylic oxidation sites excluding steroid dienone is 2. The molecule has 1 saturated carbocycles. The minimum atomic E-state index is -3.95. The number of hydrogen-bond donors (Lipinski definition) is 0. The topological polar surface area (TPSA) is 117 Å². The Morgan fingerprint density at radius 2 is 1.84 bits per heavy atom. The van der Waals surface area contributed by atoms with E-state index < -0.39 is 24.3 Å². The van der Waals surface area contributed by atoms with E-state index in [1.54, 1.807) is 13.0 Å². The van der Waals surface area contributed by atoms with Crippen molar-refractivity contribution < 1.29 is 16.8 Å². The average Bonchev–Trinajstić information content (AvgIpc) is 2.53. The van der Waals surface area contributed by atoms with E-state index in [1.807, 2.05) is 6.08 Å². The third-order valence-electron chi connectivity index (χ3n) is 4.16. The third-order valence-corrected chi connectivity index (χ3v) is 9.24. The van der Waals surface area contributed by atoms with Gasteiger partial charge in [0.2, 0.25) is 0 Å². The highest BCUT2D eigenvalue weighted by molar-refractivity contribution is 8.09. The zero-order valence-electron chi connectivity index (χ0n) is 14.8. The van der Waals surface area contributed by atoms with Crippen LogP contribution in [0.15, 0.2) is 29.0 Å². The Bertz CT molecular complexity index is 742. The van der Waals surface area contributed by atoms with Crippen LogP contribution >= 0.6 is 0 Å². The lowest BCUT2D eigenvalue weighted by Crippen LogP contribution is -2.32. The van der Waals surface area contributed by atoms with Crippen LogP contribution in [0.2, 0.25) is 0 Å². The van der Waals surface area contributed by atoms with E-state index in [-0.39, 0.29) is 17.2 Å². The second-order valence-corrected chi connectivity index (χ2v) is 11.1. The molecule has 0 radical (unpaired) electrons. The highest BCUT2D eigenvalue weighted by atomic mass is 32.3. The van der Waals surface area contributed by atoms with Gasteiger partial charge < -0.3 is 0 Å². The quantitative estimate of drug-likeness (QED) is 0.257. The maximum absolute atomic E-state index is 12.6. The van der Waals surface area contributed by atoms with Crippen LogP contribution in [0.3, 0.4) is 0 Å². The first kappa shape index (κ1) is 21.7. The molecule has 1 atom stereocenters. The molecule has 0 N–H and O–H groups in total. The summed E-state index contributed by atoms with van der Waals surface area (Å²) in [5, 5.41) is 3.30. The molecule has 0 amide bonds. The molecule has 142 valence electrons. The Morgan fingerprint density at radius 1 is 1.20 bits per heavy atom. The Kier molecular flexibility index (Phi) is 8.68. The normalized spacial score (nSPS) is 18.9. The van der Waals surface area contributed by atoms with E-state index in [2.05, 4.69) is 10.0 Å². The zero-order chi connectivity index (χ0) is 18.9. The van der Waals surface area contributed by atoms with Gasteiger partial charge >= 0.3 is 0 Å². The molecule has 1 unspecified atom stereocenters. The molecule has 0 spiro atoms. The van der Waals surface area contributed by atoms with Crippen LogP contribution in [0.5, 0.6) is 0 Å². The Hall–Kier alpha value is -1.31. The van der Waals surface area contributed by atoms with Gasteiger partial charge in [-0.1, -0.05) is 43.5 Å². The molecule has 1 aliphatic rings. The first-order valence-corrected chi connectivity index (χ1v) is 12.0. The largest absolute Gasteiger partial charge is 0.227 e. The van der Waals surface area contributed by atoms with Crippen molar-refractivity contribution in [2.75, 3.05) is 11.5 Å². The molecule has 0 heterocycles. The van der Waals surface area contributed by atoms with Gasteiger partial charge in [0.25, 0.3) is 0 Å². The molecule has 0 aromatic heterocycles. The Morgan fingerprint density at radius 3 is 2.40 bits per heavy atom. The lowest BCUT2D eigenvalue weighted by molar-refractivity contribution is 0.419. The lowest BCUT2D eigenvalue weighted by Gasteiger charge is -2.18. The summed E-state index contributed by atoms with van der Waals surface area (Å²) in [6, 6.07) is 0. The molecule has 0 saturated heterocycles. The first-order valence-electron chi connectivity index (χ1n) is 8.56. The van der Waals surface area contributed by atoms with Gasteiger partial charge in [-0.15, -0.1) is 0 Å². The van der Waals surface area contributed by atoms with E-state index >= 15 is 0 Å². The summed E-state index contributed by atoms with van der Waals surface area (Å²) in [5.41, 5.74) is 8.49. The van der Waals surface area contributed by atoms with Gasteiger partial charge in [-0.2, -0.15) is 0 Å². The summed E-state index contributed by atoms with van der Waals surface area (Å²) in [6.45, 7) is 3.07. The van der Waals surface area contributed by atoms with Gasteiger partial charge in [-0.05, 0) is 43.7 Å². The predicted octanol–water partition coefficient (Wildman–Crippen LogP) is 3.90. The van der Waals surface area contributed by atoms with Crippen molar-refractivity contribution in [1.82, 2.24) is 0 Å². The Labute approximate surface area is 150 Å². The molecular weight excluding hydrogens is 362 g/mol. The number of hydrogen-bond acceptors (Lipinski definition) is 5. The van der Waals surface area contributed by atoms with Gasteiger partial charge in [0.1, 0.15) is 0 Å². The van der Waals surface area contributed by atoms with Crippen LogP contribution in [0.25, 0.3) is 10.4 Å². The summed E-state index contributed by atoms with van der Waals surface area (Å²) < 4.78 is 48.4. The molecule has 0 bridgehead atoms. The first-order chi connectivity index (χ1) is 11.7. The highest BCUT2D eigenvalue weighted by Crippen LogP contribution is 2.25. The van der Waals surface area contributed by atoms with Crippen molar-refractivity contribution in [3.63, 3.8) is 0 Å². The minimum Gasteiger partial charge on any atom is -0.227 e. The fraction of sp³-hybridized carbons (Fsp3) is 0.750. The van der Waals surface area contributed by atoms with Crippen molar-refractivity contribution in [3.05, 3.63) is 34.4 Å². The van der Waals surface area contributed by atoms with Crippen LogP contribution in [0, 0.1) is 5.92 Å². The van der Waals surface area contributed by atoms with E-state index in [0.717, 1.165) is 31.8 Å². The van der Waals surface area contributed by atoms with Crippen molar-refractivity contribution in [2.45, 2.75) is 57.0 Å². The maximum Gasteiger partial charge on any atom is 0.181 e. The molecule has 9 heteroatoms. The van der Waals surface area contributed by atoms with E-state index in [9.17, 15) is 16.8 Å². The van der Waals surface area contributed by atoms with Gasteiger partial charge in [0, 0.05) is 10.6 Å². The minimum absolute atomic E-state index is 0.0343. The SMILES string of the molecule is CCCS(=O)(=O)C(C=C(C)N=[N+]=[N-])S(=O)(=O)CC=CC1CCCCC1. The summed E-state index contributed by atoms with van der Waals surface area (Å²) in [7, 11) is -7.83. The molecule has 25 heavy (non-hydrogen) atoms. The highest BCUT2D eigenvalue weighted by Gasteiger charge is 2.34. The summed E-state index contributed by atoms with van der Waals surface area (Å²) in [4.78, 5) is 2.58. The third kappa shape index (κ3) is 7.22. The van der Waals surface area contributed by atoms with Crippen LogP contribution in [0.4, 0.5) is 0 Å². The second kappa shape index (κ2) is 9.99. The van der Waals surface area contributed by atoms with E-state index in [1.165, 1.54) is 13.3 Å². The van der Waals surface area contributed by atoms with Crippen LogP contribution < -0.4 is 0 Å². The van der Waals surface area contributed by atoms with Gasteiger partial charge in [-0.3, -0.25) is 0 Å². The fourth-order valence-corrected chi connectivity index (χ4v) is 7.43. The zero-order valence-corrected chi connectivity index (χ0v) is 16.5. The number of rotatable bonds is 9. The van der Waals surface area contributed by atoms with Gasteiger partial charge in [-0.25, -0.2) is 16.8 Å². The van der Waals surface area contributed by atoms with Crippen molar-refractivity contribution >= 4 is 19.7 Å². The smallest absolute Gasteiger partial charge is 0.181 e. The molecule has 0 aromatic carbocycles. The molecule has 0 aromatic rings. The van der Waals surface area contributed by atoms with E-state index in [0.29, 0.717) is 12.3 Å². The predicted molar refractivity (Wildman–Crippen MR) is 100 cm³/mol. The van der Waals surface area contributed by atoms with Gasteiger partial charge in [0.05, 0.1) is 11.5 Å². The van der Waals surface area contributed by atoms with Crippen LogP contribution in [-0.2, 0) is 19.7 Å². The van der Waals surface area contributed by atoms with Crippen LogP contribution in [-0.4, -0.2) is 32.9 Å². The van der Waals surface area contributed by atoms with Crippen LogP contribution in [0.1, 0.15) is 52.4 Å². The van der Waals surface area contributed by atoms with Gasteiger partial charge in [0.15, 0.2) is 24.3 Å². The average molecular weight is 390 g/mol. The molecule has 1 fully saturated rings. The number of sulfone groups is 2. The summed E-state index contributed by atoms with van der Waals surface area (Å²) in [5.74, 6) is -0.199. The molecular formula is C16H27N3O4S2. The molecule has 1 rings (SSSR count). The van der Waals surface area contributed by atoms with Crippen molar-refractivity contribution in [3.8, 4) is 0 Å². The Balaban J connectivity index is 3.03. The molecule has 7 nitrogen and oxygen atoms in total. The standard InChI is InChI=1S/C16H27N3O4S2/c1-3-11-24(20,21)16(13-14(2)18-19-17)25(22,23)12-7-10-15-8-5-4-6-9-15/h7,10,13,15-16H,3-6,8-9,11-12H2,1-2H3. The molecule has 1 aliphatic carbocycles. The summed E-state index contributed by atoms with van der Waals surface area (Å²) >= 11 is 0. The monoisotopic (exact) mass is 389 g/mol. The van der Waals surface area contributed by atoms with Crippen molar-refractivity contribution in [1.29, 1.82) is 0 Å². The lowest BCUT2D eigenvalue weighted by atomic mass is 9.89. The fourth-order valence-electron chi connectivity index (χ4n) is 2.94. The molecule has 0 aliphatic heterocycles. The summed E-state index contributed by atoms with van der Waals surface area (Å²) in [6.07, 6.45) is 10.4. The maximum atomic E-state index is 12.6. The number of azide groups is 1. The second-order valence-electron chi connectivity index (χ2n) is 6.39.